The standard InChI is InChI=1S/C20H17FN2O4/c1-25-15-4-3-5-16(11-15)27-19-9-7-14(12-22-19)23-20(24)13-6-8-18(26-2)17(21)10-13/h3-12H,1-2H3,(H,23,24). The van der Waals surface area contributed by atoms with Crippen molar-refractivity contribution in [2.45, 2.75) is 0 Å². The molecule has 0 aliphatic carbocycles. The van der Waals surface area contributed by atoms with E-state index < -0.39 is 11.7 Å². The van der Waals surface area contributed by atoms with Gasteiger partial charge in [0.2, 0.25) is 5.88 Å². The number of amides is 1. The van der Waals surface area contributed by atoms with Gasteiger partial charge in [-0.2, -0.15) is 0 Å². The number of rotatable bonds is 6. The van der Waals surface area contributed by atoms with E-state index in [0.717, 1.165) is 6.07 Å². The molecule has 3 aromatic rings. The van der Waals surface area contributed by atoms with E-state index in [1.54, 1.807) is 43.5 Å². The maximum atomic E-state index is 13.7. The Morgan fingerprint density at radius 3 is 2.48 bits per heavy atom. The lowest BCUT2D eigenvalue weighted by Gasteiger charge is -2.09. The topological polar surface area (TPSA) is 69.7 Å². The number of nitrogens with one attached hydrogen (secondary N) is 1. The van der Waals surface area contributed by atoms with Crippen molar-refractivity contribution in [1.29, 1.82) is 0 Å². The summed E-state index contributed by atoms with van der Waals surface area (Å²) in [6.07, 6.45) is 1.45. The number of halogens is 1. The lowest BCUT2D eigenvalue weighted by Crippen LogP contribution is -2.12. The molecule has 2 aromatic carbocycles. The summed E-state index contributed by atoms with van der Waals surface area (Å²) in [6, 6.07) is 14.4. The Hall–Kier alpha value is -3.61. The van der Waals surface area contributed by atoms with Gasteiger partial charge in [-0.05, 0) is 36.4 Å². The molecule has 7 heteroatoms. The van der Waals surface area contributed by atoms with Crippen molar-refractivity contribution in [2.75, 3.05) is 19.5 Å². The fraction of sp³-hybridized carbons (Fsp3) is 0.100. The van der Waals surface area contributed by atoms with Crippen molar-refractivity contribution in [1.82, 2.24) is 4.98 Å². The average Bonchev–Trinajstić information content (AvgIpc) is 2.69. The Morgan fingerprint density at radius 1 is 1.00 bits per heavy atom. The van der Waals surface area contributed by atoms with Crippen molar-refractivity contribution in [2.24, 2.45) is 0 Å². The van der Waals surface area contributed by atoms with Gasteiger partial charge in [0.1, 0.15) is 11.5 Å². The molecule has 1 N–H and O–H groups in total. The minimum atomic E-state index is -0.606. The maximum Gasteiger partial charge on any atom is 0.255 e. The van der Waals surface area contributed by atoms with E-state index >= 15 is 0 Å². The fourth-order valence-electron chi connectivity index (χ4n) is 2.31. The van der Waals surface area contributed by atoms with E-state index in [1.165, 1.54) is 25.4 Å². The number of methoxy groups -OCH3 is 2. The molecule has 6 nitrogen and oxygen atoms in total. The van der Waals surface area contributed by atoms with Crippen LogP contribution in [-0.4, -0.2) is 25.1 Å². The molecule has 3 rings (SSSR count). The second-order valence-electron chi connectivity index (χ2n) is 5.47. The van der Waals surface area contributed by atoms with Gasteiger partial charge in [-0.3, -0.25) is 4.79 Å². The second kappa shape index (κ2) is 8.18. The average molecular weight is 368 g/mol. The number of anilines is 1. The zero-order valence-electron chi connectivity index (χ0n) is 14.7. The third-order valence-electron chi connectivity index (χ3n) is 3.67. The number of ether oxygens (including phenoxy) is 3. The van der Waals surface area contributed by atoms with E-state index in [9.17, 15) is 9.18 Å². The molecule has 0 aliphatic heterocycles. The quantitative estimate of drug-likeness (QED) is 0.703. The van der Waals surface area contributed by atoms with Crippen LogP contribution in [0.4, 0.5) is 10.1 Å². The highest BCUT2D eigenvalue weighted by Gasteiger charge is 2.11. The number of carbonyl (C=O) groups excluding carboxylic acids is 1. The molecule has 138 valence electrons. The van der Waals surface area contributed by atoms with Crippen molar-refractivity contribution in [3.05, 3.63) is 72.2 Å². The number of pyridine rings is 1. The Balaban J connectivity index is 1.66. The molecule has 0 saturated heterocycles. The normalized spacial score (nSPS) is 10.2. The van der Waals surface area contributed by atoms with Crippen LogP contribution in [0, 0.1) is 5.82 Å². The molecule has 0 spiro atoms. The number of hydrogen-bond donors (Lipinski definition) is 1. The molecule has 1 heterocycles. The van der Waals surface area contributed by atoms with Crippen LogP contribution in [0.3, 0.4) is 0 Å². The lowest BCUT2D eigenvalue weighted by atomic mass is 10.2. The van der Waals surface area contributed by atoms with Gasteiger partial charge in [0.05, 0.1) is 26.1 Å². The summed E-state index contributed by atoms with van der Waals surface area (Å²) in [7, 11) is 2.93. The first-order chi connectivity index (χ1) is 13.1. The first-order valence-corrected chi connectivity index (χ1v) is 8.02. The molecule has 1 aromatic heterocycles. The van der Waals surface area contributed by atoms with Gasteiger partial charge in [0.25, 0.3) is 5.91 Å². The van der Waals surface area contributed by atoms with Crippen molar-refractivity contribution in [3.63, 3.8) is 0 Å². The van der Waals surface area contributed by atoms with Gasteiger partial charge in [-0.1, -0.05) is 6.07 Å². The van der Waals surface area contributed by atoms with Crippen molar-refractivity contribution >= 4 is 11.6 Å². The smallest absolute Gasteiger partial charge is 0.255 e. The monoisotopic (exact) mass is 368 g/mol. The first kappa shape index (κ1) is 18.2. The number of hydrogen-bond acceptors (Lipinski definition) is 5. The summed E-state index contributed by atoms with van der Waals surface area (Å²) in [4.78, 5) is 16.4. The minimum absolute atomic E-state index is 0.0762. The number of benzene rings is 2. The predicted octanol–water partition coefficient (Wildman–Crippen LogP) is 4.28. The molecule has 0 aliphatic rings. The number of nitrogens with zero attached hydrogens (tertiary/aromatic N) is 1. The molecule has 0 radical (unpaired) electrons. The van der Waals surface area contributed by atoms with Crippen LogP contribution in [0.1, 0.15) is 10.4 Å². The highest BCUT2D eigenvalue weighted by atomic mass is 19.1. The molecular formula is C20H17FN2O4. The lowest BCUT2D eigenvalue weighted by molar-refractivity contribution is 0.102. The maximum absolute atomic E-state index is 13.7. The van der Waals surface area contributed by atoms with Gasteiger partial charge in [0.15, 0.2) is 11.6 Å². The van der Waals surface area contributed by atoms with E-state index in [-0.39, 0.29) is 11.3 Å². The van der Waals surface area contributed by atoms with Crippen molar-refractivity contribution < 1.29 is 23.4 Å². The summed E-state index contributed by atoms with van der Waals surface area (Å²) in [5.74, 6) is 0.615. The molecule has 27 heavy (non-hydrogen) atoms. The SMILES string of the molecule is COc1cccc(Oc2ccc(NC(=O)c3ccc(OC)c(F)c3)cn2)c1. The van der Waals surface area contributed by atoms with E-state index in [1.807, 2.05) is 0 Å². The molecule has 0 bridgehead atoms. The zero-order valence-corrected chi connectivity index (χ0v) is 14.7. The van der Waals surface area contributed by atoms with Gasteiger partial charge in [0, 0.05) is 17.7 Å². The van der Waals surface area contributed by atoms with Crippen molar-refractivity contribution in [3.8, 4) is 23.1 Å². The van der Waals surface area contributed by atoms with Gasteiger partial charge in [-0.25, -0.2) is 9.37 Å². The molecule has 1 amide bonds. The summed E-state index contributed by atoms with van der Waals surface area (Å²) in [5, 5.41) is 2.65. The van der Waals surface area contributed by atoms with E-state index in [0.29, 0.717) is 23.1 Å². The van der Waals surface area contributed by atoms with Crippen LogP contribution in [-0.2, 0) is 0 Å². The van der Waals surface area contributed by atoms with E-state index in [4.69, 9.17) is 14.2 Å². The highest BCUT2D eigenvalue weighted by Crippen LogP contribution is 2.24. The van der Waals surface area contributed by atoms with Gasteiger partial charge >= 0.3 is 0 Å². The number of aromatic nitrogens is 1. The van der Waals surface area contributed by atoms with Gasteiger partial charge in [-0.15, -0.1) is 0 Å². The van der Waals surface area contributed by atoms with Crippen LogP contribution >= 0.6 is 0 Å². The molecule has 0 saturated carbocycles. The largest absolute Gasteiger partial charge is 0.497 e. The van der Waals surface area contributed by atoms with Crippen LogP contribution in [0.25, 0.3) is 0 Å². The molecule has 0 fully saturated rings. The second-order valence-corrected chi connectivity index (χ2v) is 5.47. The summed E-state index contributed by atoms with van der Waals surface area (Å²) in [5.41, 5.74) is 0.624. The molecule has 0 atom stereocenters. The highest BCUT2D eigenvalue weighted by molar-refractivity contribution is 6.04. The minimum Gasteiger partial charge on any atom is -0.497 e. The fourth-order valence-corrected chi connectivity index (χ4v) is 2.31. The Bertz CT molecular complexity index is 945. The zero-order chi connectivity index (χ0) is 19.2. The third-order valence-corrected chi connectivity index (χ3v) is 3.67. The predicted molar refractivity (Wildman–Crippen MR) is 98.2 cm³/mol. The first-order valence-electron chi connectivity index (χ1n) is 8.02. The van der Waals surface area contributed by atoms with Gasteiger partial charge < -0.3 is 19.5 Å². The summed E-state index contributed by atoms with van der Waals surface area (Å²) < 4.78 is 29.3. The third kappa shape index (κ3) is 4.52. The van der Waals surface area contributed by atoms with Crippen LogP contribution in [0.15, 0.2) is 60.8 Å². The van der Waals surface area contributed by atoms with E-state index in [2.05, 4.69) is 10.3 Å². The molecule has 0 unspecified atom stereocenters. The Kier molecular flexibility index (Phi) is 5.51. The van der Waals surface area contributed by atoms with Crippen LogP contribution in [0.2, 0.25) is 0 Å². The molecular weight excluding hydrogens is 351 g/mol. The summed E-state index contributed by atoms with van der Waals surface area (Å²) >= 11 is 0. The number of carbonyl (C=O) groups is 1. The summed E-state index contributed by atoms with van der Waals surface area (Å²) in [6.45, 7) is 0. The Morgan fingerprint density at radius 2 is 1.81 bits per heavy atom. The van der Waals surface area contributed by atoms with Crippen LogP contribution < -0.4 is 19.5 Å². The Labute approximate surface area is 155 Å². The van der Waals surface area contributed by atoms with Crippen LogP contribution in [0.5, 0.6) is 23.1 Å².